The van der Waals surface area contributed by atoms with E-state index < -0.39 is 16.8 Å². The smallest absolute Gasteiger partial charge is 0.255 e. The maximum absolute atomic E-state index is 14.3. The highest BCUT2D eigenvalue weighted by Gasteiger charge is 2.19. The Morgan fingerprint density at radius 3 is 2.50 bits per heavy atom. The highest BCUT2D eigenvalue weighted by atomic mass is 79.9. The molecule has 0 bridgehead atoms. The number of benzene rings is 2. The van der Waals surface area contributed by atoms with Crippen molar-refractivity contribution in [2.75, 3.05) is 17.1 Å². The molecule has 3 rings (SSSR count). The van der Waals surface area contributed by atoms with E-state index in [1.807, 2.05) is 6.07 Å². The van der Waals surface area contributed by atoms with E-state index in [1.165, 1.54) is 36.9 Å². The van der Waals surface area contributed by atoms with Gasteiger partial charge in [0.05, 0.1) is 17.7 Å². The van der Waals surface area contributed by atoms with Crippen LogP contribution >= 0.6 is 15.9 Å². The van der Waals surface area contributed by atoms with Gasteiger partial charge in [-0.05, 0) is 30.3 Å². The summed E-state index contributed by atoms with van der Waals surface area (Å²) in [5.74, 6) is -0.109. The summed E-state index contributed by atoms with van der Waals surface area (Å²) in [6.07, 6.45) is 0. The quantitative estimate of drug-likeness (QED) is 0.572. The number of hydrogen-bond donors (Lipinski definition) is 2. The molecule has 0 fully saturated rings. The number of methoxy groups -OCH3 is 1. The Morgan fingerprint density at radius 1 is 1.14 bits per heavy atom. The van der Waals surface area contributed by atoms with Crippen LogP contribution in [0.3, 0.4) is 0 Å². The zero-order valence-electron chi connectivity index (χ0n) is 15.0. The molecule has 1 atom stereocenters. The van der Waals surface area contributed by atoms with Gasteiger partial charge >= 0.3 is 0 Å². The molecule has 1 unspecified atom stereocenters. The first-order valence-electron chi connectivity index (χ1n) is 8.14. The van der Waals surface area contributed by atoms with Crippen molar-refractivity contribution in [1.29, 1.82) is 0 Å². The molecular weight excluding hydrogens is 449 g/mol. The lowest BCUT2D eigenvalue weighted by Crippen LogP contribution is -2.22. The number of nitrogens with zero attached hydrogens (tertiary/aromatic N) is 1. The van der Waals surface area contributed by atoms with Crippen molar-refractivity contribution in [3.63, 3.8) is 0 Å². The van der Waals surface area contributed by atoms with Gasteiger partial charge in [-0.1, -0.05) is 34.1 Å². The summed E-state index contributed by atoms with van der Waals surface area (Å²) >= 11 is 3.21. The molecule has 2 N–H and O–H groups in total. The summed E-state index contributed by atoms with van der Waals surface area (Å²) in [5.41, 5.74) is 0.0574. The molecule has 0 aliphatic carbocycles. The summed E-state index contributed by atoms with van der Waals surface area (Å²) < 4.78 is 37.1. The van der Waals surface area contributed by atoms with Gasteiger partial charge in [0.1, 0.15) is 28.3 Å². The second-order valence-corrected chi connectivity index (χ2v) is 7.90. The van der Waals surface area contributed by atoms with Crippen molar-refractivity contribution >= 4 is 44.1 Å². The third-order valence-corrected chi connectivity index (χ3v) is 5.54. The van der Waals surface area contributed by atoms with Crippen molar-refractivity contribution in [3.8, 4) is 5.75 Å². The van der Waals surface area contributed by atoms with Crippen molar-refractivity contribution < 1.29 is 13.3 Å². The lowest BCUT2D eigenvalue weighted by atomic mass is 10.3. The monoisotopic (exact) mass is 465 g/mol. The van der Waals surface area contributed by atoms with E-state index in [0.29, 0.717) is 9.37 Å². The average molecular weight is 466 g/mol. The van der Waals surface area contributed by atoms with Crippen LogP contribution in [0.15, 0.2) is 68.8 Å². The Kier molecular flexibility index (Phi) is 6.15. The molecular formula is C19H17BrFN3O3S. The Morgan fingerprint density at radius 2 is 1.86 bits per heavy atom. The normalized spacial score (nSPS) is 11.7. The molecule has 0 amide bonds. The maximum Gasteiger partial charge on any atom is 0.255 e. The van der Waals surface area contributed by atoms with Gasteiger partial charge in [-0.25, -0.2) is 8.60 Å². The van der Waals surface area contributed by atoms with E-state index in [-0.39, 0.29) is 28.5 Å². The number of nitrogens with one attached hydrogen (secondary N) is 2. The van der Waals surface area contributed by atoms with Crippen LogP contribution in [-0.4, -0.2) is 15.9 Å². The number of hydrogen-bond acceptors (Lipinski definition) is 4. The summed E-state index contributed by atoms with van der Waals surface area (Å²) in [7, 11) is 1.30. The topological polar surface area (TPSA) is 72.4 Å². The van der Waals surface area contributed by atoms with Crippen molar-refractivity contribution in [3.05, 3.63) is 75.2 Å². The fourth-order valence-electron chi connectivity index (χ4n) is 2.50. The number of anilines is 3. The summed E-state index contributed by atoms with van der Waals surface area (Å²) in [6, 6.07) is 14.5. The third-order valence-electron chi connectivity index (χ3n) is 3.96. The molecule has 3 aromatic rings. The Balaban J connectivity index is 2.08. The van der Waals surface area contributed by atoms with E-state index in [1.54, 1.807) is 30.3 Å². The molecule has 0 saturated heterocycles. The Hall–Kier alpha value is -2.65. The molecule has 0 saturated carbocycles. The van der Waals surface area contributed by atoms with Crippen LogP contribution in [0, 0.1) is 5.82 Å². The number of ether oxygens (including phenoxy) is 1. The predicted molar refractivity (Wildman–Crippen MR) is 112 cm³/mol. The first-order chi connectivity index (χ1) is 13.4. The van der Waals surface area contributed by atoms with Crippen LogP contribution < -0.4 is 20.3 Å². The van der Waals surface area contributed by atoms with E-state index in [0.717, 1.165) is 0 Å². The van der Waals surface area contributed by atoms with Gasteiger partial charge in [0.25, 0.3) is 5.56 Å². The van der Waals surface area contributed by atoms with Crippen LogP contribution in [0.4, 0.5) is 21.6 Å². The van der Waals surface area contributed by atoms with Gasteiger partial charge in [0.15, 0.2) is 5.75 Å². The minimum atomic E-state index is -1.63. The highest BCUT2D eigenvalue weighted by Crippen LogP contribution is 2.34. The minimum absolute atomic E-state index is 0.153. The van der Waals surface area contributed by atoms with Crippen LogP contribution in [0.5, 0.6) is 5.75 Å². The number of pyridine rings is 1. The van der Waals surface area contributed by atoms with Crippen LogP contribution in [0.25, 0.3) is 0 Å². The first kappa shape index (κ1) is 20.1. The molecule has 0 spiro atoms. The van der Waals surface area contributed by atoms with E-state index in [9.17, 15) is 13.4 Å². The molecule has 6 nitrogen and oxygen atoms in total. The van der Waals surface area contributed by atoms with Gasteiger partial charge in [-0.2, -0.15) is 0 Å². The van der Waals surface area contributed by atoms with Gasteiger partial charge in [0.2, 0.25) is 0 Å². The lowest BCUT2D eigenvalue weighted by Gasteiger charge is -2.19. The molecule has 9 heteroatoms. The van der Waals surface area contributed by atoms with Gasteiger partial charge in [-0.3, -0.25) is 14.1 Å². The van der Waals surface area contributed by atoms with Crippen LogP contribution in [-0.2, 0) is 18.0 Å². The molecule has 0 radical (unpaired) electrons. The van der Waals surface area contributed by atoms with Gasteiger partial charge < -0.3 is 10.1 Å². The van der Waals surface area contributed by atoms with Gasteiger partial charge in [0, 0.05) is 17.6 Å². The van der Waals surface area contributed by atoms with E-state index in [2.05, 4.69) is 26.0 Å². The van der Waals surface area contributed by atoms with Crippen molar-refractivity contribution in [2.24, 2.45) is 7.05 Å². The number of aromatic nitrogens is 1. The SMILES string of the molecule is COc1cc(=O)n(C)c(Nc2ccc(Br)cc2F)c1NS(=O)c1ccccc1. The Labute approximate surface area is 172 Å². The van der Waals surface area contributed by atoms with E-state index >= 15 is 0 Å². The second-order valence-electron chi connectivity index (χ2n) is 5.77. The van der Waals surface area contributed by atoms with Crippen molar-refractivity contribution in [2.45, 2.75) is 4.90 Å². The molecule has 1 heterocycles. The zero-order valence-corrected chi connectivity index (χ0v) is 17.4. The summed E-state index contributed by atoms with van der Waals surface area (Å²) in [6.45, 7) is 0. The van der Waals surface area contributed by atoms with E-state index in [4.69, 9.17) is 4.74 Å². The zero-order chi connectivity index (χ0) is 20.3. The molecule has 146 valence electrons. The average Bonchev–Trinajstić information content (AvgIpc) is 2.69. The standard InChI is InChI=1S/C19H17BrFN3O3S/c1-24-17(25)11-16(27-2)18(23-28(26)13-6-4-3-5-7-13)19(24)22-15-9-8-12(20)10-14(15)21/h3-11,22-23H,1-2H3. The summed E-state index contributed by atoms with van der Waals surface area (Å²) in [5, 5.41) is 2.90. The first-order valence-corrected chi connectivity index (χ1v) is 10.1. The second kappa shape index (κ2) is 8.57. The lowest BCUT2D eigenvalue weighted by molar-refractivity contribution is 0.415. The largest absolute Gasteiger partial charge is 0.494 e. The molecule has 28 heavy (non-hydrogen) atoms. The predicted octanol–water partition coefficient (Wildman–Crippen LogP) is 4.17. The fraction of sp³-hybridized carbons (Fsp3) is 0.105. The molecule has 2 aromatic carbocycles. The fourth-order valence-corrected chi connectivity index (χ4v) is 3.73. The highest BCUT2D eigenvalue weighted by molar-refractivity contribution is 9.10. The molecule has 0 aliphatic rings. The minimum Gasteiger partial charge on any atom is -0.494 e. The van der Waals surface area contributed by atoms with Crippen molar-refractivity contribution in [1.82, 2.24) is 4.57 Å². The summed E-state index contributed by atoms with van der Waals surface area (Å²) in [4.78, 5) is 12.8. The van der Waals surface area contributed by atoms with Gasteiger partial charge in [-0.15, -0.1) is 0 Å². The maximum atomic E-state index is 14.3. The number of rotatable bonds is 6. The molecule has 0 aliphatic heterocycles. The third kappa shape index (κ3) is 4.26. The Bertz CT molecular complexity index is 1090. The van der Waals surface area contributed by atoms with Crippen LogP contribution in [0.2, 0.25) is 0 Å². The molecule has 1 aromatic heterocycles. The number of halogens is 2. The van der Waals surface area contributed by atoms with Crippen LogP contribution in [0.1, 0.15) is 0 Å².